The van der Waals surface area contributed by atoms with Crippen LogP contribution in [-0.2, 0) is 15.6 Å². The Kier molecular flexibility index (Phi) is 6.05. The molecule has 0 aliphatic heterocycles. The second-order valence-corrected chi connectivity index (χ2v) is 10.9. The minimum Gasteiger partial charge on any atom is -0.264 e. The van der Waals surface area contributed by atoms with Crippen molar-refractivity contribution < 1.29 is 12.8 Å². The van der Waals surface area contributed by atoms with Gasteiger partial charge >= 0.3 is 0 Å². The lowest BCUT2D eigenvalue weighted by molar-refractivity contribution is 0.576. The van der Waals surface area contributed by atoms with Gasteiger partial charge in [-0.3, -0.25) is 4.57 Å². The molecule has 4 rings (SSSR count). The molecule has 0 fully saturated rings. The number of para-hydroxylation sites is 1. The molecule has 2 aromatic heterocycles. The van der Waals surface area contributed by atoms with Gasteiger partial charge in [0.15, 0.2) is 10.8 Å². The van der Waals surface area contributed by atoms with E-state index in [0.717, 1.165) is 5.69 Å². The van der Waals surface area contributed by atoms with Gasteiger partial charge in [0.2, 0.25) is 9.84 Å². The van der Waals surface area contributed by atoms with E-state index in [-0.39, 0.29) is 16.6 Å². The summed E-state index contributed by atoms with van der Waals surface area (Å²) in [5.74, 6) is -0.586. The van der Waals surface area contributed by atoms with E-state index in [4.69, 9.17) is 0 Å². The molecule has 0 saturated heterocycles. The Morgan fingerprint density at radius 1 is 1.13 bits per heavy atom. The Morgan fingerprint density at radius 2 is 1.87 bits per heavy atom. The maximum atomic E-state index is 14.3. The van der Waals surface area contributed by atoms with Gasteiger partial charge in [-0.2, -0.15) is 0 Å². The molecular formula is C21H18BrFN4O2S2. The molecule has 0 unspecified atom stereocenters. The summed E-state index contributed by atoms with van der Waals surface area (Å²) in [4.78, 5) is 4.60. The van der Waals surface area contributed by atoms with Crippen molar-refractivity contribution in [1.29, 1.82) is 0 Å². The fourth-order valence-electron chi connectivity index (χ4n) is 2.98. The molecule has 0 atom stereocenters. The third-order valence-electron chi connectivity index (χ3n) is 4.59. The van der Waals surface area contributed by atoms with Crippen molar-refractivity contribution in [3.05, 3.63) is 75.5 Å². The molecule has 0 amide bonds. The smallest absolute Gasteiger partial charge is 0.255 e. The Hall–Kier alpha value is -2.43. The molecule has 0 bridgehead atoms. The zero-order valence-corrected chi connectivity index (χ0v) is 19.9. The quantitative estimate of drug-likeness (QED) is 0.340. The molecule has 0 radical (unpaired) electrons. The summed E-state index contributed by atoms with van der Waals surface area (Å²) in [6.07, 6.45) is 0. The summed E-state index contributed by atoms with van der Waals surface area (Å²) in [5, 5.41) is 10.4. The first kappa shape index (κ1) is 21.8. The molecule has 0 N–H and O–H groups in total. The van der Waals surface area contributed by atoms with Crippen molar-refractivity contribution >= 4 is 37.1 Å². The summed E-state index contributed by atoms with van der Waals surface area (Å²) in [6.45, 7) is 4.06. The first-order valence-corrected chi connectivity index (χ1v) is 12.7. The molecular weight excluding hydrogens is 503 g/mol. The average Bonchev–Trinajstić information content (AvgIpc) is 3.38. The summed E-state index contributed by atoms with van der Waals surface area (Å²) in [6, 6.07) is 13.2. The SMILES string of the molecule is CC(C)c1csc(-c2nnc(S(=O)(=O)Cc3ccc(Br)cc3F)n2-c2ccccc2)n1. The van der Waals surface area contributed by atoms with E-state index < -0.39 is 21.4 Å². The monoisotopic (exact) mass is 520 g/mol. The molecule has 0 spiro atoms. The average molecular weight is 521 g/mol. The summed E-state index contributed by atoms with van der Waals surface area (Å²) in [7, 11) is -4.01. The van der Waals surface area contributed by atoms with Crippen LogP contribution in [0.3, 0.4) is 0 Å². The van der Waals surface area contributed by atoms with E-state index in [0.29, 0.717) is 21.0 Å². The third-order valence-corrected chi connectivity index (χ3v) is 7.45. The fraction of sp³-hybridized carbons (Fsp3) is 0.190. The fourth-order valence-corrected chi connectivity index (χ4v) is 5.68. The number of nitrogens with zero attached hydrogens (tertiary/aromatic N) is 4. The van der Waals surface area contributed by atoms with Gasteiger partial charge in [0.1, 0.15) is 5.82 Å². The second-order valence-electron chi connectivity index (χ2n) is 7.20. The van der Waals surface area contributed by atoms with E-state index >= 15 is 0 Å². The van der Waals surface area contributed by atoms with Crippen LogP contribution in [0.1, 0.15) is 31.0 Å². The van der Waals surface area contributed by atoms with Gasteiger partial charge in [-0.15, -0.1) is 21.5 Å². The molecule has 31 heavy (non-hydrogen) atoms. The maximum Gasteiger partial charge on any atom is 0.255 e. The van der Waals surface area contributed by atoms with Crippen molar-refractivity contribution in [3.63, 3.8) is 0 Å². The summed E-state index contributed by atoms with van der Waals surface area (Å²) >= 11 is 4.56. The molecule has 4 aromatic rings. The van der Waals surface area contributed by atoms with Crippen molar-refractivity contribution in [1.82, 2.24) is 19.7 Å². The minimum absolute atomic E-state index is 0.0590. The highest BCUT2D eigenvalue weighted by Gasteiger charge is 2.29. The number of rotatable bonds is 6. The van der Waals surface area contributed by atoms with Crippen LogP contribution in [0.15, 0.2) is 63.5 Å². The van der Waals surface area contributed by atoms with E-state index in [9.17, 15) is 12.8 Å². The standard InChI is InChI=1S/C21H18BrFN4O2S2/c1-13(2)18-11-30-20(24-18)19-25-26-21(27(19)16-6-4-3-5-7-16)31(28,29)12-14-8-9-15(22)10-17(14)23/h3-11,13H,12H2,1-2H3. The predicted molar refractivity (Wildman–Crippen MR) is 122 cm³/mol. The number of benzene rings is 2. The van der Waals surface area contributed by atoms with Crippen molar-refractivity contribution in [2.45, 2.75) is 30.7 Å². The maximum absolute atomic E-state index is 14.3. The van der Waals surface area contributed by atoms with Crippen molar-refractivity contribution in [2.24, 2.45) is 0 Å². The van der Waals surface area contributed by atoms with Crippen molar-refractivity contribution in [3.8, 4) is 16.5 Å². The number of sulfone groups is 1. The van der Waals surface area contributed by atoms with Gasteiger partial charge in [-0.1, -0.05) is 54.0 Å². The summed E-state index contributed by atoms with van der Waals surface area (Å²) in [5.41, 5.74) is 1.53. The lowest BCUT2D eigenvalue weighted by Crippen LogP contribution is -2.13. The van der Waals surface area contributed by atoms with Crippen LogP contribution in [0.25, 0.3) is 16.5 Å². The van der Waals surface area contributed by atoms with Crippen LogP contribution in [0.4, 0.5) is 4.39 Å². The highest BCUT2D eigenvalue weighted by Crippen LogP contribution is 2.30. The number of halogens is 2. The van der Waals surface area contributed by atoms with Gasteiger partial charge in [0.25, 0.3) is 5.16 Å². The normalized spacial score (nSPS) is 11.9. The van der Waals surface area contributed by atoms with Gasteiger partial charge in [0, 0.05) is 21.1 Å². The Morgan fingerprint density at radius 3 is 2.52 bits per heavy atom. The highest BCUT2D eigenvalue weighted by atomic mass is 79.9. The minimum atomic E-state index is -4.01. The van der Waals surface area contributed by atoms with E-state index in [1.807, 2.05) is 25.3 Å². The third kappa shape index (κ3) is 4.46. The Balaban J connectivity index is 1.85. The van der Waals surface area contributed by atoms with Gasteiger partial charge in [-0.05, 0) is 30.2 Å². The molecule has 0 aliphatic rings. The first-order valence-electron chi connectivity index (χ1n) is 9.39. The van der Waals surface area contributed by atoms with Crippen LogP contribution in [0.5, 0.6) is 0 Å². The molecule has 2 aromatic carbocycles. The molecule has 2 heterocycles. The lowest BCUT2D eigenvalue weighted by atomic mass is 10.2. The van der Waals surface area contributed by atoms with Crippen molar-refractivity contribution in [2.75, 3.05) is 0 Å². The van der Waals surface area contributed by atoms with E-state index in [2.05, 4.69) is 31.1 Å². The first-order chi connectivity index (χ1) is 14.8. The molecule has 0 saturated carbocycles. The Labute approximate surface area is 191 Å². The summed E-state index contributed by atoms with van der Waals surface area (Å²) < 4.78 is 42.9. The second kappa shape index (κ2) is 8.60. The van der Waals surface area contributed by atoms with Gasteiger partial charge in [-0.25, -0.2) is 17.8 Å². The van der Waals surface area contributed by atoms with E-state index in [1.54, 1.807) is 30.3 Å². The Bertz CT molecular complexity index is 1330. The number of thiazole rings is 1. The van der Waals surface area contributed by atoms with Crippen LogP contribution in [-0.4, -0.2) is 28.2 Å². The van der Waals surface area contributed by atoms with Gasteiger partial charge < -0.3 is 0 Å². The molecule has 6 nitrogen and oxygen atoms in total. The highest BCUT2D eigenvalue weighted by molar-refractivity contribution is 9.10. The predicted octanol–water partition coefficient (Wildman–Crippen LogP) is 5.39. The van der Waals surface area contributed by atoms with Crippen LogP contribution < -0.4 is 0 Å². The lowest BCUT2D eigenvalue weighted by Gasteiger charge is -2.10. The van der Waals surface area contributed by atoms with E-state index in [1.165, 1.54) is 28.0 Å². The number of aromatic nitrogens is 4. The molecule has 0 aliphatic carbocycles. The van der Waals surface area contributed by atoms with Crippen LogP contribution in [0, 0.1) is 5.82 Å². The number of hydrogen-bond donors (Lipinski definition) is 0. The van der Waals surface area contributed by atoms with Crippen LogP contribution in [0.2, 0.25) is 0 Å². The zero-order chi connectivity index (χ0) is 22.2. The zero-order valence-electron chi connectivity index (χ0n) is 16.7. The molecule has 160 valence electrons. The largest absolute Gasteiger partial charge is 0.264 e. The topological polar surface area (TPSA) is 77.7 Å². The van der Waals surface area contributed by atoms with Gasteiger partial charge in [0.05, 0.1) is 11.4 Å². The molecule has 10 heteroatoms. The van der Waals surface area contributed by atoms with Crippen LogP contribution >= 0.6 is 27.3 Å². The number of hydrogen-bond acceptors (Lipinski definition) is 6.